The van der Waals surface area contributed by atoms with E-state index in [0.717, 1.165) is 68.7 Å². The van der Waals surface area contributed by atoms with Crippen molar-refractivity contribution in [3.8, 4) is 11.1 Å². The van der Waals surface area contributed by atoms with E-state index in [-0.39, 0.29) is 23.0 Å². The second kappa shape index (κ2) is 17.1. The summed E-state index contributed by atoms with van der Waals surface area (Å²) >= 11 is 2.08. The van der Waals surface area contributed by atoms with E-state index < -0.39 is 0 Å². The zero-order chi connectivity index (χ0) is 50.8. The summed E-state index contributed by atoms with van der Waals surface area (Å²) in [6.45, 7) is 21.0. The molecule has 4 nitrogen and oxygen atoms in total. The van der Waals surface area contributed by atoms with E-state index in [1.807, 2.05) is 0 Å². The van der Waals surface area contributed by atoms with E-state index in [1.165, 1.54) is 73.7 Å². The number of aryl methyl sites for hydroxylation is 1. The van der Waals surface area contributed by atoms with Gasteiger partial charge in [0, 0.05) is 71.4 Å². The van der Waals surface area contributed by atoms with Crippen molar-refractivity contribution in [1.82, 2.24) is 0 Å². The molecule has 0 radical (unpaired) electrons. The summed E-state index contributed by atoms with van der Waals surface area (Å²) in [6.07, 6.45) is 4.72. The van der Waals surface area contributed by atoms with Gasteiger partial charge in [0.1, 0.15) is 11.2 Å². The molecule has 74 heavy (non-hydrogen) atoms. The minimum absolute atomic E-state index is 0.00404. The molecule has 3 aliphatic rings. The molecule has 0 amide bonds. The number of para-hydroxylation sites is 4. The van der Waals surface area contributed by atoms with E-state index in [9.17, 15) is 0 Å². The molecule has 0 N–H and O–H groups in total. The van der Waals surface area contributed by atoms with Gasteiger partial charge in [0.25, 0.3) is 6.71 Å². The predicted molar refractivity (Wildman–Crippen MR) is 318 cm³/mol. The maximum atomic E-state index is 6.87. The van der Waals surface area contributed by atoms with Crippen LogP contribution in [0.15, 0.2) is 180 Å². The third kappa shape index (κ3) is 7.54. The Bertz CT molecular complexity index is 3810. The molecular weight excluding hydrogens is 918 g/mol. The minimum atomic E-state index is -0.115. The Morgan fingerprint density at radius 2 is 1.11 bits per heavy atom. The quantitative estimate of drug-likeness (QED) is 0.155. The smallest absolute Gasteiger partial charge is 0.264 e. The first-order valence-corrected chi connectivity index (χ1v) is 27.6. The van der Waals surface area contributed by atoms with Crippen molar-refractivity contribution in [3.63, 3.8) is 0 Å². The van der Waals surface area contributed by atoms with E-state index in [2.05, 4.69) is 264 Å². The van der Waals surface area contributed by atoms with Gasteiger partial charge in [-0.15, -0.1) is 0 Å². The lowest BCUT2D eigenvalue weighted by Crippen LogP contribution is -2.60. The molecule has 10 aromatic rings. The molecule has 2 aromatic heterocycles. The van der Waals surface area contributed by atoms with Crippen molar-refractivity contribution < 1.29 is 4.42 Å². The maximum absolute atomic E-state index is 6.87. The van der Waals surface area contributed by atoms with Gasteiger partial charge in [-0.25, -0.2) is 0 Å². The molecular formula is C68H64BN3OS. The Morgan fingerprint density at radius 3 is 1.81 bits per heavy atom. The number of anilines is 9. The molecule has 0 atom stereocenters. The fourth-order valence-electron chi connectivity index (χ4n) is 12.1. The van der Waals surface area contributed by atoms with Gasteiger partial charge >= 0.3 is 0 Å². The summed E-state index contributed by atoms with van der Waals surface area (Å²) in [6, 6.07) is 66.3. The van der Waals surface area contributed by atoms with Crippen LogP contribution in [-0.2, 0) is 29.1 Å². The maximum Gasteiger partial charge on any atom is 0.264 e. The number of furan rings is 1. The van der Waals surface area contributed by atoms with Crippen molar-refractivity contribution >= 4 is 107 Å². The molecule has 6 heteroatoms. The van der Waals surface area contributed by atoms with Gasteiger partial charge in [0.05, 0.1) is 11.4 Å². The topological polar surface area (TPSA) is 22.9 Å². The van der Waals surface area contributed by atoms with Gasteiger partial charge in [0.2, 0.25) is 0 Å². The number of nitrogens with zero attached hydrogens (tertiary/aromatic N) is 3. The van der Waals surface area contributed by atoms with Crippen LogP contribution in [0.4, 0.5) is 51.2 Å². The van der Waals surface area contributed by atoms with Crippen molar-refractivity contribution in [2.45, 2.75) is 104 Å². The van der Waals surface area contributed by atoms with Crippen LogP contribution < -0.4 is 30.4 Å². The zero-order valence-electron chi connectivity index (χ0n) is 44.3. The molecule has 0 spiro atoms. The van der Waals surface area contributed by atoms with E-state index in [4.69, 9.17) is 4.42 Å². The molecule has 2 aliphatic heterocycles. The van der Waals surface area contributed by atoms with E-state index in [1.54, 1.807) is 10.4 Å². The summed E-state index contributed by atoms with van der Waals surface area (Å²) in [4.78, 5) is 9.31. The Morgan fingerprint density at radius 1 is 0.500 bits per heavy atom. The molecule has 8 aromatic carbocycles. The summed E-state index contributed by atoms with van der Waals surface area (Å²) < 4.78 is 8.34. The van der Waals surface area contributed by atoms with Crippen molar-refractivity contribution in [3.05, 3.63) is 203 Å². The SMILES string of the molecule is CC(C)(C)c1ccc(N(c2ccc3c(c2)N(c2ccccc2)c2cc(C(C)(C)C)cc4c2B3c2sc3c(c2N4c2ccccc2)CCCC3)c2ccc(C(C)(C)C)cc2-c2cccc3c2oc2ccccc23)cc1. The van der Waals surface area contributed by atoms with Crippen LogP contribution in [0.25, 0.3) is 33.1 Å². The fourth-order valence-corrected chi connectivity index (χ4v) is 13.6. The van der Waals surface area contributed by atoms with Crippen LogP contribution >= 0.6 is 11.3 Å². The van der Waals surface area contributed by atoms with Crippen LogP contribution in [-0.4, -0.2) is 6.71 Å². The summed E-state index contributed by atoms with van der Waals surface area (Å²) in [7, 11) is 0. The van der Waals surface area contributed by atoms with Gasteiger partial charge in [-0.3, -0.25) is 0 Å². The van der Waals surface area contributed by atoms with Crippen LogP contribution in [0.2, 0.25) is 0 Å². The molecule has 0 fully saturated rings. The second-order valence-electron chi connectivity index (χ2n) is 24.0. The van der Waals surface area contributed by atoms with Crippen molar-refractivity contribution in [1.29, 1.82) is 0 Å². The molecule has 4 heterocycles. The standard InChI is InChI=1S/C68H64BN3OS/c1-66(2,3)43-31-34-48(35-32-43)70(56-38-33-44(67(4,5)6)39-54(56)52-28-20-27-51-50-25-16-18-29-60(50)73-64(51)52)49-36-37-55-57(42-49)71(46-21-12-10-13-22-46)58-40-45(68(7,8)9)41-59-62(58)69(55)65-63(53-26-17-19-30-61(53)74-65)72(59)47-23-14-11-15-24-47/h10-16,18,20-25,27-29,31-42H,17,19,26,30H2,1-9H3. The fraction of sp³-hybridized carbons (Fsp3) is 0.235. The average molecular weight is 982 g/mol. The Labute approximate surface area is 442 Å². The highest BCUT2D eigenvalue weighted by molar-refractivity contribution is 7.29. The predicted octanol–water partition coefficient (Wildman–Crippen LogP) is 17.6. The van der Waals surface area contributed by atoms with Crippen LogP contribution in [0.3, 0.4) is 0 Å². The molecule has 0 saturated heterocycles. The highest BCUT2D eigenvalue weighted by Gasteiger charge is 2.47. The van der Waals surface area contributed by atoms with Gasteiger partial charge in [-0.05, 0) is 154 Å². The monoisotopic (exact) mass is 981 g/mol. The number of thiophene rings is 1. The molecule has 0 saturated carbocycles. The van der Waals surface area contributed by atoms with Crippen LogP contribution in [0.1, 0.15) is 102 Å². The Balaban J connectivity index is 1.11. The number of benzene rings is 8. The lowest BCUT2D eigenvalue weighted by molar-refractivity contribution is 0.590. The third-order valence-corrected chi connectivity index (χ3v) is 17.4. The highest BCUT2D eigenvalue weighted by Crippen LogP contribution is 2.52. The first-order valence-electron chi connectivity index (χ1n) is 26.7. The zero-order valence-corrected chi connectivity index (χ0v) is 45.1. The van der Waals surface area contributed by atoms with Crippen molar-refractivity contribution in [2.75, 3.05) is 14.7 Å². The van der Waals surface area contributed by atoms with E-state index in [0.29, 0.717) is 0 Å². The molecule has 13 rings (SSSR count). The lowest BCUT2D eigenvalue weighted by Gasteiger charge is -2.44. The van der Waals surface area contributed by atoms with Gasteiger partial charge in [-0.2, -0.15) is 11.3 Å². The second-order valence-corrected chi connectivity index (χ2v) is 25.2. The largest absolute Gasteiger partial charge is 0.455 e. The number of fused-ring (bicyclic) bond motifs is 9. The molecule has 1 aliphatic carbocycles. The number of hydrogen-bond donors (Lipinski definition) is 0. The van der Waals surface area contributed by atoms with Gasteiger partial charge in [-0.1, -0.05) is 159 Å². The summed E-state index contributed by atoms with van der Waals surface area (Å²) in [5, 5.41) is 2.25. The average Bonchev–Trinajstić information content (AvgIpc) is 4.00. The first-order chi connectivity index (χ1) is 35.6. The van der Waals surface area contributed by atoms with Crippen molar-refractivity contribution in [2.24, 2.45) is 0 Å². The minimum Gasteiger partial charge on any atom is -0.455 e. The van der Waals surface area contributed by atoms with E-state index >= 15 is 0 Å². The molecule has 0 bridgehead atoms. The first kappa shape index (κ1) is 46.5. The number of hydrogen-bond acceptors (Lipinski definition) is 5. The van der Waals surface area contributed by atoms with Gasteiger partial charge in [0.15, 0.2) is 0 Å². The summed E-state index contributed by atoms with van der Waals surface area (Å²) in [5.41, 5.74) is 22.8. The number of rotatable bonds is 6. The molecule has 366 valence electrons. The molecule has 0 unspecified atom stereocenters. The lowest BCUT2D eigenvalue weighted by atomic mass is 9.36. The highest BCUT2D eigenvalue weighted by atomic mass is 32.1. The Kier molecular flexibility index (Phi) is 10.8. The summed E-state index contributed by atoms with van der Waals surface area (Å²) in [5.74, 6) is 0. The Hall–Kier alpha value is -7.28. The van der Waals surface area contributed by atoms with Gasteiger partial charge < -0.3 is 19.1 Å². The third-order valence-electron chi connectivity index (χ3n) is 16.1. The van der Waals surface area contributed by atoms with Crippen LogP contribution in [0, 0.1) is 0 Å². The van der Waals surface area contributed by atoms with Crippen LogP contribution in [0.5, 0.6) is 0 Å². The normalized spacial score (nSPS) is 14.3.